The van der Waals surface area contributed by atoms with Crippen LogP contribution in [0.15, 0.2) is 18.2 Å². The van der Waals surface area contributed by atoms with Crippen LogP contribution in [0.25, 0.3) is 0 Å². The molecule has 20 heavy (non-hydrogen) atoms. The second kappa shape index (κ2) is 6.73. The van der Waals surface area contributed by atoms with Gasteiger partial charge in [-0.2, -0.15) is 0 Å². The molecule has 1 aromatic carbocycles. The van der Waals surface area contributed by atoms with E-state index in [1.54, 1.807) is 0 Å². The Hall–Kier alpha value is -0.860. The third-order valence-corrected chi connectivity index (χ3v) is 4.51. The van der Waals surface area contributed by atoms with E-state index in [9.17, 15) is 0 Å². The van der Waals surface area contributed by atoms with Crippen LogP contribution in [0.4, 0.5) is 0 Å². The first-order chi connectivity index (χ1) is 9.51. The van der Waals surface area contributed by atoms with Gasteiger partial charge in [-0.15, -0.1) is 0 Å². The maximum Gasteiger partial charge on any atom is 0.0471 e. The van der Waals surface area contributed by atoms with E-state index in [-0.39, 0.29) is 0 Å². The second-order valence-electron chi connectivity index (χ2n) is 6.75. The normalized spacial score (nSPS) is 18.4. The van der Waals surface area contributed by atoms with E-state index in [4.69, 9.17) is 4.74 Å². The molecule has 2 nitrogen and oxygen atoms in total. The van der Waals surface area contributed by atoms with E-state index < -0.39 is 0 Å². The number of aryl methyl sites for hydroxylation is 2. The van der Waals surface area contributed by atoms with Crippen LogP contribution >= 0.6 is 0 Å². The van der Waals surface area contributed by atoms with Crippen LogP contribution in [0, 0.1) is 19.3 Å². The predicted molar refractivity (Wildman–Crippen MR) is 85.2 cm³/mol. The molecular formula is C18H29NO. The largest absolute Gasteiger partial charge is 0.381 e. The smallest absolute Gasteiger partial charge is 0.0471 e. The molecular weight excluding hydrogens is 246 g/mol. The Morgan fingerprint density at radius 1 is 1.20 bits per heavy atom. The summed E-state index contributed by atoms with van der Waals surface area (Å²) in [6.07, 6.45) is 3.50. The van der Waals surface area contributed by atoms with E-state index in [2.05, 4.69) is 51.2 Å². The summed E-state index contributed by atoms with van der Waals surface area (Å²) >= 11 is 0. The van der Waals surface area contributed by atoms with Gasteiger partial charge >= 0.3 is 0 Å². The molecule has 1 fully saturated rings. The van der Waals surface area contributed by atoms with Crippen molar-refractivity contribution in [1.82, 2.24) is 5.32 Å². The summed E-state index contributed by atoms with van der Waals surface area (Å²) in [7, 11) is 0. The highest BCUT2D eigenvalue weighted by Gasteiger charge is 2.33. The highest BCUT2D eigenvalue weighted by Crippen LogP contribution is 2.35. The quantitative estimate of drug-likeness (QED) is 0.886. The molecule has 0 atom stereocenters. The van der Waals surface area contributed by atoms with E-state index in [1.807, 2.05) is 0 Å². The Morgan fingerprint density at radius 2 is 1.90 bits per heavy atom. The molecule has 2 heteroatoms. The molecule has 0 unspecified atom stereocenters. The van der Waals surface area contributed by atoms with Crippen molar-refractivity contribution in [2.24, 2.45) is 5.41 Å². The highest BCUT2D eigenvalue weighted by atomic mass is 16.5. The third kappa shape index (κ3) is 4.07. The minimum atomic E-state index is 0.362. The molecule has 1 heterocycles. The number of ether oxygens (including phenoxy) is 1. The molecule has 0 bridgehead atoms. The molecule has 0 saturated carbocycles. The Morgan fingerprint density at radius 3 is 2.55 bits per heavy atom. The van der Waals surface area contributed by atoms with Crippen molar-refractivity contribution in [2.75, 3.05) is 19.8 Å². The molecule has 1 aromatic rings. The summed E-state index contributed by atoms with van der Waals surface area (Å²) in [6, 6.07) is 7.38. The van der Waals surface area contributed by atoms with Gasteiger partial charge in [-0.05, 0) is 49.7 Å². The summed E-state index contributed by atoms with van der Waals surface area (Å²) in [5.74, 6) is 0. The molecule has 0 amide bonds. The molecule has 1 N–H and O–H groups in total. The van der Waals surface area contributed by atoms with Gasteiger partial charge in [0.1, 0.15) is 0 Å². The van der Waals surface area contributed by atoms with Crippen molar-refractivity contribution in [3.8, 4) is 0 Å². The maximum absolute atomic E-state index is 5.60. The van der Waals surface area contributed by atoms with Gasteiger partial charge in [0.05, 0.1) is 0 Å². The first-order valence-electron chi connectivity index (χ1n) is 7.88. The zero-order valence-electron chi connectivity index (χ0n) is 13.5. The Kier molecular flexibility index (Phi) is 5.22. The Bertz CT molecular complexity index is 433. The van der Waals surface area contributed by atoms with E-state index in [1.165, 1.54) is 36.0 Å². The summed E-state index contributed by atoms with van der Waals surface area (Å²) in [6.45, 7) is 11.8. The zero-order chi connectivity index (χ0) is 14.6. The van der Waals surface area contributed by atoms with Crippen molar-refractivity contribution in [3.05, 3.63) is 34.9 Å². The van der Waals surface area contributed by atoms with Crippen LogP contribution in [-0.4, -0.2) is 25.8 Å². The van der Waals surface area contributed by atoms with Gasteiger partial charge < -0.3 is 10.1 Å². The summed E-state index contributed by atoms with van der Waals surface area (Å²) < 4.78 is 5.60. The van der Waals surface area contributed by atoms with E-state index in [0.717, 1.165) is 19.8 Å². The van der Waals surface area contributed by atoms with E-state index in [0.29, 0.717) is 11.5 Å². The lowest BCUT2D eigenvalue weighted by molar-refractivity contribution is 0.0140. The first-order valence-corrected chi connectivity index (χ1v) is 7.88. The molecule has 2 rings (SSSR count). The molecule has 0 radical (unpaired) electrons. The molecule has 0 aromatic heterocycles. The minimum absolute atomic E-state index is 0.362. The standard InChI is InChI=1S/C18H29NO/c1-14(2)19-13-18(7-9-20-10-8-18)12-17-11-15(3)5-6-16(17)4/h5-6,11,14,19H,7-10,12-13H2,1-4H3. The van der Waals surface area contributed by atoms with Crippen molar-refractivity contribution in [2.45, 2.75) is 53.0 Å². The highest BCUT2D eigenvalue weighted by molar-refractivity contribution is 5.31. The topological polar surface area (TPSA) is 21.3 Å². The molecule has 112 valence electrons. The van der Waals surface area contributed by atoms with Gasteiger partial charge in [0.25, 0.3) is 0 Å². The fourth-order valence-electron chi connectivity index (χ4n) is 3.04. The summed E-state index contributed by atoms with van der Waals surface area (Å²) in [5.41, 5.74) is 4.66. The van der Waals surface area contributed by atoms with Gasteiger partial charge in [0, 0.05) is 25.8 Å². The average Bonchev–Trinajstić information content (AvgIpc) is 2.42. The van der Waals surface area contributed by atoms with Crippen molar-refractivity contribution < 1.29 is 4.74 Å². The molecule has 1 aliphatic heterocycles. The fourth-order valence-corrected chi connectivity index (χ4v) is 3.04. The van der Waals surface area contributed by atoms with Crippen LogP contribution < -0.4 is 5.32 Å². The lowest BCUT2D eigenvalue weighted by atomic mass is 9.74. The lowest BCUT2D eigenvalue weighted by Gasteiger charge is -2.38. The third-order valence-electron chi connectivity index (χ3n) is 4.51. The van der Waals surface area contributed by atoms with Crippen molar-refractivity contribution in [3.63, 3.8) is 0 Å². The summed E-state index contributed by atoms with van der Waals surface area (Å²) in [5, 5.41) is 3.65. The zero-order valence-corrected chi connectivity index (χ0v) is 13.5. The van der Waals surface area contributed by atoms with Crippen molar-refractivity contribution in [1.29, 1.82) is 0 Å². The van der Waals surface area contributed by atoms with Gasteiger partial charge in [0.15, 0.2) is 0 Å². The maximum atomic E-state index is 5.60. The number of hydrogen-bond donors (Lipinski definition) is 1. The Labute approximate surface area is 123 Å². The van der Waals surface area contributed by atoms with Crippen LogP contribution in [0.3, 0.4) is 0 Å². The fraction of sp³-hybridized carbons (Fsp3) is 0.667. The molecule has 0 aliphatic carbocycles. The average molecular weight is 275 g/mol. The molecule has 1 aliphatic rings. The second-order valence-corrected chi connectivity index (χ2v) is 6.75. The van der Waals surface area contributed by atoms with Crippen LogP contribution in [0.1, 0.15) is 43.4 Å². The van der Waals surface area contributed by atoms with Crippen molar-refractivity contribution >= 4 is 0 Å². The van der Waals surface area contributed by atoms with Gasteiger partial charge in [-0.25, -0.2) is 0 Å². The predicted octanol–water partition coefficient (Wildman–Crippen LogP) is 3.64. The number of nitrogens with one attached hydrogen (secondary N) is 1. The van der Waals surface area contributed by atoms with Gasteiger partial charge in [-0.1, -0.05) is 37.6 Å². The van der Waals surface area contributed by atoms with Crippen LogP contribution in [0.5, 0.6) is 0 Å². The molecule has 0 spiro atoms. The van der Waals surface area contributed by atoms with Crippen LogP contribution in [0.2, 0.25) is 0 Å². The summed E-state index contributed by atoms with van der Waals surface area (Å²) in [4.78, 5) is 0. The lowest BCUT2D eigenvalue weighted by Crippen LogP contribution is -2.43. The first kappa shape index (κ1) is 15.5. The Balaban J connectivity index is 2.16. The number of hydrogen-bond acceptors (Lipinski definition) is 2. The SMILES string of the molecule is Cc1ccc(C)c(CC2(CNC(C)C)CCOCC2)c1. The number of benzene rings is 1. The van der Waals surface area contributed by atoms with Gasteiger partial charge in [0.2, 0.25) is 0 Å². The molecule has 1 saturated heterocycles. The van der Waals surface area contributed by atoms with Crippen LogP contribution in [-0.2, 0) is 11.2 Å². The number of rotatable bonds is 5. The van der Waals surface area contributed by atoms with E-state index >= 15 is 0 Å². The minimum Gasteiger partial charge on any atom is -0.381 e. The van der Waals surface area contributed by atoms with Gasteiger partial charge in [-0.3, -0.25) is 0 Å². The monoisotopic (exact) mass is 275 g/mol.